The van der Waals surface area contributed by atoms with Gasteiger partial charge in [-0.1, -0.05) is 26.2 Å². The summed E-state index contributed by atoms with van der Waals surface area (Å²) in [6, 6.07) is 0. The molecular formula is C11H21N3O. The summed E-state index contributed by atoms with van der Waals surface area (Å²) in [6.07, 6.45) is 7.56. The Morgan fingerprint density at radius 1 is 1.00 bits per heavy atom. The maximum Gasteiger partial charge on any atom is 0.216 e. The van der Waals surface area contributed by atoms with Crippen LogP contribution in [-0.2, 0) is 12.8 Å². The standard InChI is InChI=1S/C11H21N3O/c1-2-3-4-5-7-10-13-14-11(15-10)8-6-9-12/h2-9,12H2,1H3. The van der Waals surface area contributed by atoms with Crippen molar-refractivity contribution in [3.05, 3.63) is 11.8 Å². The molecule has 86 valence electrons. The number of aryl methyl sites for hydroxylation is 2. The van der Waals surface area contributed by atoms with Crippen LogP contribution in [0, 0.1) is 0 Å². The Labute approximate surface area is 91.3 Å². The maximum absolute atomic E-state index is 5.49. The monoisotopic (exact) mass is 211 g/mol. The summed E-state index contributed by atoms with van der Waals surface area (Å²) in [4.78, 5) is 0. The van der Waals surface area contributed by atoms with Gasteiger partial charge in [0.1, 0.15) is 0 Å². The highest BCUT2D eigenvalue weighted by molar-refractivity contribution is 4.82. The third kappa shape index (κ3) is 4.93. The molecule has 0 saturated carbocycles. The van der Waals surface area contributed by atoms with Crippen molar-refractivity contribution in [3.63, 3.8) is 0 Å². The Bertz CT molecular complexity index is 260. The molecule has 0 saturated heterocycles. The van der Waals surface area contributed by atoms with Crippen molar-refractivity contribution in [1.82, 2.24) is 10.2 Å². The van der Waals surface area contributed by atoms with Gasteiger partial charge < -0.3 is 10.2 Å². The quantitative estimate of drug-likeness (QED) is 0.669. The van der Waals surface area contributed by atoms with Crippen LogP contribution in [-0.4, -0.2) is 16.7 Å². The van der Waals surface area contributed by atoms with Crippen molar-refractivity contribution in [3.8, 4) is 0 Å². The van der Waals surface area contributed by atoms with Crippen molar-refractivity contribution in [1.29, 1.82) is 0 Å². The highest BCUT2D eigenvalue weighted by atomic mass is 16.4. The number of hydrogen-bond donors (Lipinski definition) is 1. The molecule has 0 bridgehead atoms. The van der Waals surface area contributed by atoms with Gasteiger partial charge in [-0.2, -0.15) is 0 Å². The topological polar surface area (TPSA) is 64.9 Å². The van der Waals surface area contributed by atoms with Crippen LogP contribution in [0.3, 0.4) is 0 Å². The molecule has 0 atom stereocenters. The Morgan fingerprint density at radius 3 is 2.27 bits per heavy atom. The van der Waals surface area contributed by atoms with Gasteiger partial charge in [0.15, 0.2) is 0 Å². The molecule has 2 N–H and O–H groups in total. The normalized spacial score (nSPS) is 10.8. The molecular weight excluding hydrogens is 190 g/mol. The molecule has 0 unspecified atom stereocenters. The fraction of sp³-hybridized carbons (Fsp3) is 0.818. The van der Waals surface area contributed by atoms with E-state index in [1.165, 1.54) is 19.3 Å². The van der Waals surface area contributed by atoms with E-state index < -0.39 is 0 Å². The van der Waals surface area contributed by atoms with Crippen LogP contribution < -0.4 is 5.73 Å². The minimum atomic E-state index is 0.675. The summed E-state index contributed by atoms with van der Waals surface area (Å²) >= 11 is 0. The molecule has 0 aliphatic heterocycles. The van der Waals surface area contributed by atoms with Crippen LogP contribution in [0.25, 0.3) is 0 Å². The minimum Gasteiger partial charge on any atom is -0.425 e. The third-order valence-electron chi connectivity index (χ3n) is 2.35. The number of nitrogens with two attached hydrogens (primary N) is 1. The molecule has 0 aromatic carbocycles. The maximum atomic E-state index is 5.49. The Balaban J connectivity index is 2.20. The summed E-state index contributed by atoms with van der Waals surface area (Å²) in [5.74, 6) is 1.50. The van der Waals surface area contributed by atoms with Gasteiger partial charge in [-0.3, -0.25) is 0 Å². The molecule has 0 fully saturated rings. The smallest absolute Gasteiger partial charge is 0.216 e. The summed E-state index contributed by atoms with van der Waals surface area (Å²) in [5.41, 5.74) is 5.41. The summed E-state index contributed by atoms with van der Waals surface area (Å²) < 4.78 is 5.49. The molecule has 0 radical (unpaired) electrons. The van der Waals surface area contributed by atoms with Gasteiger partial charge in [-0.05, 0) is 19.4 Å². The van der Waals surface area contributed by atoms with Gasteiger partial charge in [0, 0.05) is 12.8 Å². The molecule has 0 amide bonds. The second-order valence-electron chi connectivity index (χ2n) is 3.79. The Morgan fingerprint density at radius 2 is 1.67 bits per heavy atom. The third-order valence-corrected chi connectivity index (χ3v) is 2.35. The first-order valence-corrected chi connectivity index (χ1v) is 5.88. The van der Waals surface area contributed by atoms with Gasteiger partial charge in [-0.25, -0.2) is 0 Å². The Kier molecular flexibility index (Phi) is 6.00. The second kappa shape index (κ2) is 7.40. The second-order valence-corrected chi connectivity index (χ2v) is 3.79. The van der Waals surface area contributed by atoms with Gasteiger partial charge in [0.2, 0.25) is 11.8 Å². The van der Waals surface area contributed by atoms with Crippen molar-refractivity contribution in [2.24, 2.45) is 5.73 Å². The zero-order valence-electron chi connectivity index (χ0n) is 9.54. The van der Waals surface area contributed by atoms with E-state index in [1.54, 1.807) is 0 Å². The van der Waals surface area contributed by atoms with Crippen LogP contribution in [0.2, 0.25) is 0 Å². The van der Waals surface area contributed by atoms with Crippen LogP contribution in [0.5, 0.6) is 0 Å². The lowest BCUT2D eigenvalue weighted by Crippen LogP contribution is -2.00. The van der Waals surface area contributed by atoms with E-state index >= 15 is 0 Å². The average Bonchev–Trinajstić information content (AvgIpc) is 2.69. The van der Waals surface area contributed by atoms with Crippen molar-refractivity contribution in [2.75, 3.05) is 6.54 Å². The number of aromatic nitrogens is 2. The van der Waals surface area contributed by atoms with E-state index in [9.17, 15) is 0 Å². The van der Waals surface area contributed by atoms with E-state index in [4.69, 9.17) is 10.2 Å². The zero-order chi connectivity index (χ0) is 10.9. The van der Waals surface area contributed by atoms with Crippen molar-refractivity contribution in [2.45, 2.75) is 51.9 Å². The number of unbranched alkanes of at least 4 members (excludes halogenated alkanes) is 3. The van der Waals surface area contributed by atoms with Crippen LogP contribution in [0.1, 0.15) is 50.8 Å². The van der Waals surface area contributed by atoms with Crippen molar-refractivity contribution < 1.29 is 4.42 Å². The van der Waals surface area contributed by atoms with Gasteiger partial charge in [0.05, 0.1) is 0 Å². The van der Waals surface area contributed by atoms with Crippen LogP contribution in [0.4, 0.5) is 0 Å². The number of hydrogen-bond acceptors (Lipinski definition) is 4. The highest BCUT2D eigenvalue weighted by Gasteiger charge is 2.04. The van der Waals surface area contributed by atoms with Gasteiger partial charge >= 0.3 is 0 Å². The van der Waals surface area contributed by atoms with E-state index in [0.717, 1.165) is 37.5 Å². The number of rotatable bonds is 8. The molecule has 15 heavy (non-hydrogen) atoms. The molecule has 0 aliphatic rings. The van der Waals surface area contributed by atoms with E-state index in [0.29, 0.717) is 6.54 Å². The summed E-state index contributed by atoms with van der Waals surface area (Å²) in [5, 5.41) is 7.99. The first-order chi connectivity index (χ1) is 7.36. The van der Waals surface area contributed by atoms with E-state index in [1.807, 2.05) is 0 Å². The molecule has 4 nitrogen and oxygen atoms in total. The zero-order valence-corrected chi connectivity index (χ0v) is 9.54. The average molecular weight is 211 g/mol. The fourth-order valence-corrected chi connectivity index (χ4v) is 1.45. The lowest BCUT2D eigenvalue weighted by atomic mass is 10.1. The first-order valence-electron chi connectivity index (χ1n) is 5.88. The van der Waals surface area contributed by atoms with E-state index in [2.05, 4.69) is 17.1 Å². The van der Waals surface area contributed by atoms with Crippen LogP contribution >= 0.6 is 0 Å². The molecule has 4 heteroatoms. The van der Waals surface area contributed by atoms with Crippen molar-refractivity contribution >= 4 is 0 Å². The lowest BCUT2D eigenvalue weighted by molar-refractivity contribution is 0.437. The predicted molar refractivity (Wildman–Crippen MR) is 59.5 cm³/mol. The van der Waals surface area contributed by atoms with Crippen LogP contribution in [0.15, 0.2) is 4.42 Å². The lowest BCUT2D eigenvalue weighted by Gasteiger charge is -1.94. The predicted octanol–water partition coefficient (Wildman–Crippen LogP) is 2.08. The largest absolute Gasteiger partial charge is 0.425 e. The molecule has 0 spiro atoms. The Hall–Kier alpha value is -0.900. The highest BCUT2D eigenvalue weighted by Crippen LogP contribution is 2.08. The fourth-order valence-electron chi connectivity index (χ4n) is 1.45. The minimum absolute atomic E-state index is 0.675. The first kappa shape index (κ1) is 12.2. The summed E-state index contributed by atoms with van der Waals surface area (Å²) in [7, 11) is 0. The molecule has 1 aromatic heterocycles. The molecule has 1 rings (SSSR count). The SMILES string of the molecule is CCCCCCc1nnc(CCCN)o1. The van der Waals surface area contributed by atoms with Gasteiger partial charge in [-0.15, -0.1) is 10.2 Å². The summed E-state index contributed by atoms with van der Waals surface area (Å²) in [6.45, 7) is 2.88. The molecule has 0 aliphatic carbocycles. The van der Waals surface area contributed by atoms with E-state index in [-0.39, 0.29) is 0 Å². The molecule has 1 aromatic rings. The van der Waals surface area contributed by atoms with Gasteiger partial charge in [0.25, 0.3) is 0 Å². The molecule has 1 heterocycles. The number of nitrogens with zero attached hydrogens (tertiary/aromatic N) is 2.